The quantitative estimate of drug-likeness (QED) is 0.382. The summed E-state index contributed by atoms with van der Waals surface area (Å²) < 4.78 is 10.3. The molecule has 0 aromatic carbocycles. The van der Waals surface area contributed by atoms with Crippen molar-refractivity contribution in [1.29, 1.82) is 0 Å². The summed E-state index contributed by atoms with van der Waals surface area (Å²) in [5.74, 6) is 0.885. The monoisotopic (exact) mass is 273 g/mol. The van der Waals surface area contributed by atoms with Crippen LogP contribution in [0, 0.1) is 0 Å². The van der Waals surface area contributed by atoms with Crippen LogP contribution in [-0.4, -0.2) is 51.5 Å². The van der Waals surface area contributed by atoms with Gasteiger partial charge in [0.1, 0.15) is 0 Å². The van der Waals surface area contributed by atoms with Gasteiger partial charge in [-0.25, -0.2) is 0 Å². The van der Waals surface area contributed by atoms with Crippen molar-refractivity contribution in [3.05, 3.63) is 0 Å². The zero-order valence-corrected chi connectivity index (χ0v) is 13.2. The van der Waals surface area contributed by atoms with Gasteiger partial charge in [0, 0.05) is 32.3 Å². The average Bonchev–Trinajstić information content (AvgIpc) is 2.31. The molecule has 114 valence electrons. The van der Waals surface area contributed by atoms with Crippen LogP contribution in [0.5, 0.6) is 0 Å². The molecule has 2 N–H and O–H groups in total. The number of ether oxygens (including phenoxy) is 2. The van der Waals surface area contributed by atoms with Crippen LogP contribution in [0.25, 0.3) is 0 Å². The van der Waals surface area contributed by atoms with E-state index in [0.29, 0.717) is 13.2 Å². The van der Waals surface area contributed by atoms with Crippen LogP contribution < -0.4 is 10.6 Å². The summed E-state index contributed by atoms with van der Waals surface area (Å²) in [6.45, 7) is 12.3. The Labute approximate surface area is 118 Å². The minimum atomic E-state index is 0.0320. The molecule has 0 aliphatic carbocycles. The van der Waals surface area contributed by atoms with Gasteiger partial charge in [-0.3, -0.25) is 4.99 Å². The summed E-state index contributed by atoms with van der Waals surface area (Å²) in [6, 6.07) is 0. The maximum absolute atomic E-state index is 5.40. The lowest BCUT2D eigenvalue weighted by molar-refractivity contribution is 0.0690. The molecule has 0 aliphatic rings. The molecule has 0 atom stereocenters. The number of hydrogen-bond donors (Lipinski definition) is 2. The summed E-state index contributed by atoms with van der Waals surface area (Å²) in [5.41, 5.74) is 0.0320. The third kappa shape index (κ3) is 13.4. The van der Waals surface area contributed by atoms with E-state index in [1.54, 1.807) is 7.11 Å². The first-order valence-electron chi connectivity index (χ1n) is 7.12. The molecule has 0 fully saturated rings. The maximum Gasteiger partial charge on any atom is 0.191 e. The highest BCUT2D eigenvalue weighted by Gasteiger charge is 2.11. The Morgan fingerprint density at radius 2 is 1.84 bits per heavy atom. The fraction of sp³-hybridized carbons (Fsp3) is 0.929. The van der Waals surface area contributed by atoms with Crippen molar-refractivity contribution in [2.45, 2.75) is 46.1 Å². The minimum Gasteiger partial charge on any atom is -0.382 e. The summed E-state index contributed by atoms with van der Waals surface area (Å²) >= 11 is 0. The normalized spacial score (nSPS) is 12.6. The van der Waals surface area contributed by atoms with Crippen LogP contribution in [0.2, 0.25) is 0 Å². The lowest BCUT2D eigenvalue weighted by Gasteiger charge is -2.23. The number of aliphatic imine (C=N–C) groups is 1. The third-order valence-electron chi connectivity index (χ3n) is 2.24. The smallest absolute Gasteiger partial charge is 0.191 e. The Morgan fingerprint density at radius 3 is 2.42 bits per heavy atom. The highest BCUT2D eigenvalue weighted by molar-refractivity contribution is 5.80. The molecular weight excluding hydrogens is 242 g/mol. The Bertz CT molecular complexity index is 237. The van der Waals surface area contributed by atoms with Crippen LogP contribution in [0.3, 0.4) is 0 Å². The third-order valence-corrected chi connectivity index (χ3v) is 2.24. The largest absolute Gasteiger partial charge is 0.382 e. The second kappa shape index (κ2) is 11.1. The van der Waals surface area contributed by atoms with Gasteiger partial charge in [-0.15, -0.1) is 0 Å². The molecule has 0 radical (unpaired) electrons. The molecule has 0 saturated heterocycles. The van der Waals surface area contributed by atoms with E-state index in [4.69, 9.17) is 9.47 Å². The van der Waals surface area contributed by atoms with Crippen LogP contribution in [-0.2, 0) is 9.47 Å². The molecule has 5 heteroatoms. The standard InChI is InChI=1S/C14H31N3O2/c1-6-15-13(17-14(2,3)4)16-9-7-8-10-19-12-11-18-5/h6-12H2,1-5H3,(H2,15,16,17). The molecule has 0 aromatic heterocycles. The Hall–Kier alpha value is -0.810. The molecule has 0 aromatic rings. The number of nitrogens with zero attached hydrogens (tertiary/aromatic N) is 1. The summed E-state index contributed by atoms with van der Waals surface area (Å²) in [7, 11) is 1.68. The van der Waals surface area contributed by atoms with E-state index < -0.39 is 0 Å². The molecule has 0 saturated carbocycles. The first-order valence-corrected chi connectivity index (χ1v) is 7.12. The predicted molar refractivity (Wildman–Crippen MR) is 80.8 cm³/mol. The van der Waals surface area contributed by atoms with Gasteiger partial charge >= 0.3 is 0 Å². The number of methoxy groups -OCH3 is 1. The van der Waals surface area contributed by atoms with Crippen molar-refractivity contribution >= 4 is 5.96 Å². The van der Waals surface area contributed by atoms with Crippen LogP contribution in [0.15, 0.2) is 4.99 Å². The molecule has 19 heavy (non-hydrogen) atoms. The molecule has 0 amide bonds. The average molecular weight is 273 g/mol. The van der Waals surface area contributed by atoms with E-state index in [1.165, 1.54) is 0 Å². The van der Waals surface area contributed by atoms with E-state index in [0.717, 1.165) is 38.5 Å². The fourth-order valence-corrected chi connectivity index (χ4v) is 1.41. The van der Waals surface area contributed by atoms with Crippen LogP contribution >= 0.6 is 0 Å². The van der Waals surface area contributed by atoms with Gasteiger partial charge < -0.3 is 20.1 Å². The van der Waals surface area contributed by atoms with Gasteiger partial charge in [0.15, 0.2) is 5.96 Å². The number of unbranched alkanes of at least 4 members (excludes halogenated alkanes) is 1. The molecule has 0 unspecified atom stereocenters. The van der Waals surface area contributed by atoms with Gasteiger partial charge in [0.2, 0.25) is 0 Å². The van der Waals surface area contributed by atoms with E-state index in [1.807, 2.05) is 0 Å². The molecule has 0 rings (SSSR count). The summed E-state index contributed by atoms with van der Waals surface area (Å²) in [6.07, 6.45) is 2.07. The van der Waals surface area contributed by atoms with Crippen molar-refractivity contribution in [3.8, 4) is 0 Å². The lowest BCUT2D eigenvalue weighted by Crippen LogP contribution is -2.47. The Balaban J connectivity index is 3.73. The van der Waals surface area contributed by atoms with Crippen molar-refractivity contribution < 1.29 is 9.47 Å². The minimum absolute atomic E-state index is 0.0320. The molecular formula is C14H31N3O2. The number of nitrogens with one attached hydrogen (secondary N) is 2. The summed E-state index contributed by atoms with van der Waals surface area (Å²) in [5, 5.41) is 6.62. The highest BCUT2D eigenvalue weighted by atomic mass is 16.5. The maximum atomic E-state index is 5.40. The molecule has 0 spiro atoms. The number of hydrogen-bond acceptors (Lipinski definition) is 3. The number of guanidine groups is 1. The fourth-order valence-electron chi connectivity index (χ4n) is 1.41. The van der Waals surface area contributed by atoms with E-state index in [-0.39, 0.29) is 5.54 Å². The molecule has 5 nitrogen and oxygen atoms in total. The van der Waals surface area contributed by atoms with Crippen molar-refractivity contribution in [2.24, 2.45) is 4.99 Å². The SMILES string of the molecule is CCNC(=NCCCCOCCOC)NC(C)(C)C. The zero-order valence-electron chi connectivity index (χ0n) is 13.2. The number of rotatable bonds is 9. The second-order valence-corrected chi connectivity index (χ2v) is 5.45. The topological polar surface area (TPSA) is 54.9 Å². The Kier molecular flexibility index (Phi) is 10.6. The van der Waals surface area contributed by atoms with Gasteiger partial charge in [-0.1, -0.05) is 0 Å². The predicted octanol–water partition coefficient (Wildman–Crippen LogP) is 1.78. The van der Waals surface area contributed by atoms with E-state index in [9.17, 15) is 0 Å². The van der Waals surface area contributed by atoms with Gasteiger partial charge in [0.25, 0.3) is 0 Å². The molecule has 0 aliphatic heterocycles. The summed E-state index contributed by atoms with van der Waals surface area (Å²) in [4.78, 5) is 4.55. The Morgan fingerprint density at radius 1 is 1.11 bits per heavy atom. The van der Waals surface area contributed by atoms with Crippen molar-refractivity contribution in [1.82, 2.24) is 10.6 Å². The zero-order chi connectivity index (χ0) is 14.6. The lowest BCUT2D eigenvalue weighted by atomic mass is 10.1. The molecule has 0 bridgehead atoms. The van der Waals surface area contributed by atoms with Crippen LogP contribution in [0.4, 0.5) is 0 Å². The van der Waals surface area contributed by atoms with E-state index in [2.05, 4.69) is 43.3 Å². The van der Waals surface area contributed by atoms with Crippen molar-refractivity contribution in [2.75, 3.05) is 40.0 Å². The van der Waals surface area contributed by atoms with Gasteiger partial charge in [-0.2, -0.15) is 0 Å². The van der Waals surface area contributed by atoms with Crippen molar-refractivity contribution in [3.63, 3.8) is 0 Å². The first kappa shape index (κ1) is 18.2. The van der Waals surface area contributed by atoms with E-state index >= 15 is 0 Å². The second-order valence-electron chi connectivity index (χ2n) is 5.45. The first-order chi connectivity index (χ1) is 8.99. The molecule has 0 heterocycles. The van der Waals surface area contributed by atoms with Crippen LogP contribution in [0.1, 0.15) is 40.5 Å². The van der Waals surface area contributed by atoms with Gasteiger partial charge in [-0.05, 0) is 40.5 Å². The van der Waals surface area contributed by atoms with Gasteiger partial charge in [0.05, 0.1) is 13.2 Å². The highest BCUT2D eigenvalue weighted by Crippen LogP contribution is 1.98.